The maximum Gasteiger partial charge on any atom is 0.274 e. The zero-order chi connectivity index (χ0) is 82.9. The van der Waals surface area contributed by atoms with E-state index in [-0.39, 0.29) is 6.54 Å². The number of aryl methyl sites for hydroxylation is 6. The van der Waals surface area contributed by atoms with Crippen LogP contribution in [-0.4, -0.2) is 197 Å². The van der Waals surface area contributed by atoms with Crippen molar-refractivity contribution >= 4 is 134 Å². The predicted octanol–water partition coefficient (Wildman–Crippen LogP) is 6.13. The summed E-state index contributed by atoms with van der Waals surface area (Å²) in [7, 11) is -8.37. The highest BCUT2D eigenvalue weighted by atomic mass is 32.2. The van der Waals surface area contributed by atoms with Crippen molar-refractivity contribution in [2.75, 3.05) is 111 Å². The quantitative estimate of drug-likeness (QED) is 0.0153. The molecule has 5 aromatic carbocycles. The largest absolute Gasteiger partial charge is 0.493 e. The SMILES string of the molecule is C=S(N)(=O)NCCCCNc1ncnc2cc(C)c(C)cc12.C=S(N)(=O)NCCCCOc1ncnc2cc(C)c(C)cc12.C=S(N)(=O)NCCCOc1ncnc2cc(C)c(C)cc12.COc1cc2ncnc(NCCCNS(N)(=O)=O)c2cc1OC.COc1cc2ncnc(OCCCCCNS(C)(=O)=O)c2cc1OC. The molecule has 5 aromatic heterocycles. The highest BCUT2D eigenvalue weighted by Gasteiger charge is 2.16. The summed E-state index contributed by atoms with van der Waals surface area (Å²) in [6, 6.07) is 19.5. The smallest absolute Gasteiger partial charge is 0.274 e. The second-order valence-corrected chi connectivity index (χ2v) is 34.3. The number of sulfonamides is 1. The van der Waals surface area contributed by atoms with Crippen LogP contribution >= 0.6 is 0 Å². The normalized spacial score (nSPS) is 12.9. The van der Waals surface area contributed by atoms with Crippen molar-refractivity contribution in [3.05, 3.63) is 126 Å². The topological polar surface area (TPSA) is 501 Å². The first-order chi connectivity index (χ1) is 53.5. The van der Waals surface area contributed by atoms with Gasteiger partial charge in [0.1, 0.15) is 43.3 Å². The Kier molecular flexibility index (Phi) is 36.7. The van der Waals surface area contributed by atoms with Gasteiger partial charge in [-0.25, -0.2) is 115 Å². The van der Waals surface area contributed by atoms with Gasteiger partial charge in [0.05, 0.1) is 128 Å². The molecule has 0 bridgehead atoms. The minimum atomic E-state index is -3.65. The van der Waals surface area contributed by atoms with Crippen molar-refractivity contribution in [3.8, 4) is 40.6 Å². The Morgan fingerprint density at radius 1 is 0.319 bits per heavy atom. The standard InChI is InChI=1S/C16H23N3O5S.C15H23N5OS.C15H22N4O2S.C14H20N4O2S.C13H19N5O4S/c1-22-14-9-12-13(10-15(14)23-2)17-11-18-16(12)24-8-6-4-5-7-19-25(3,20)21;1-11-8-13-14(9-12(11)2)18-10-19-15(13)17-6-4-5-7-20-22(3,16)21;1-11-8-13-14(9-12(11)2)17-10-18-15(13)21-7-5-4-6-19-22(3,16)20;1-10-7-12-13(8-11(10)2)16-9-17-14(12)20-6-4-5-18-21(3,15)19;1-21-11-6-9-10(7-12(11)22-2)16-8-17-13(9)15-4-3-5-18-23(14,19)20/h9-11,19H,4-8H2,1-3H3;8-10H,3-7H2,1-2H3,(H3,16,20,21)(H,17,18,19);8-10H,3-7H2,1-2H3,(H3,16,19,20);7-9H,3-6H2,1-2H3,(H3,15,18,19);6-8,18H,3-5H2,1-2H3,(H2,14,19,20)(H,15,16,17). The van der Waals surface area contributed by atoms with E-state index in [1.807, 2.05) is 38.1 Å². The van der Waals surface area contributed by atoms with Crippen LogP contribution in [0.3, 0.4) is 0 Å². The van der Waals surface area contributed by atoms with Gasteiger partial charge in [0, 0.05) is 68.7 Å². The van der Waals surface area contributed by atoms with Gasteiger partial charge in [-0.05, 0) is 199 Å². The number of aromatic nitrogens is 10. The number of hydrogen-bond acceptors (Lipinski definition) is 26. The van der Waals surface area contributed by atoms with Crippen LogP contribution in [0, 0.1) is 41.5 Å². The van der Waals surface area contributed by atoms with Crippen LogP contribution in [-0.2, 0) is 49.9 Å². The van der Waals surface area contributed by atoms with Crippen LogP contribution in [0.15, 0.2) is 92.3 Å². The first kappa shape index (κ1) is 92.5. The van der Waals surface area contributed by atoms with Crippen molar-refractivity contribution < 1.29 is 62.6 Å². The minimum Gasteiger partial charge on any atom is -0.493 e. The number of nitrogens with zero attached hydrogens (tertiary/aromatic N) is 10. The first-order valence-electron chi connectivity index (χ1n) is 35.6. The van der Waals surface area contributed by atoms with Crippen LogP contribution in [0.2, 0.25) is 0 Å². The van der Waals surface area contributed by atoms with Crippen LogP contribution < -0.4 is 88.0 Å². The lowest BCUT2D eigenvalue weighted by molar-refractivity contribution is 0.297. The predicted molar refractivity (Wildman–Crippen MR) is 454 cm³/mol. The van der Waals surface area contributed by atoms with E-state index in [1.165, 1.54) is 58.7 Å². The van der Waals surface area contributed by atoms with E-state index in [0.29, 0.717) is 123 Å². The fourth-order valence-electron chi connectivity index (χ4n) is 10.4. The van der Waals surface area contributed by atoms with Gasteiger partial charge in [-0.2, -0.15) is 8.42 Å². The molecule has 0 aliphatic heterocycles. The molecular weight excluding hydrogens is 1560 g/mol. The highest BCUT2D eigenvalue weighted by molar-refractivity contribution is 7.97. The highest BCUT2D eigenvalue weighted by Crippen LogP contribution is 2.36. The average Bonchev–Trinajstić information content (AvgIpc) is 0.819. The van der Waals surface area contributed by atoms with Gasteiger partial charge in [-0.3, -0.25) is 0 Å². The van der Waals surface area contributed by atoms with Gasteiger partial charge in [0.25, 0.3) is 10.2 Å². The maximum absolute atomic E-state index is 11.2. The van der Waals surface area contributed by atoms with Gasteiger partial charge in [0.15, 0.2) is 23.0 Å². The summed E-state index contributed by atoms with van der Waals surface area (Å²) in [4.78, 5) is 42.4. The molecule has 10 aromatic rings. The molecule has 15 N–H and O–H groups in total. The number of fused-ring (bicyclic) bond motifs is 5. The molecular formula is C73H107N21O14S5. The number of methoxy groups -OCH3 is 4. The molecule has 10 rings (SSSR count). The third-order valence-electron chi connectivity index (χ3n) is 16.6. The Hall–Kier alpha value is -9.40. The van der Waals surface area contributed by atoms with E-state index in [9.17, 15) is 29.5 Å². The molecule has 113 heavy (non-hydrogen) atoms. The number of unbranched alkanes of at least 4 members (excludes halogenated alkanes) is 4. The van der Waals surface area contributed by atoms with Crippen molar-refractivity contribution in [1.82, 2.24) is 73.5 Å². The molecule has 0 spiro atoms. The third kappa shape index (κ3) is 32.9. The Balaban J connectivity index is 0.000000220. The molecule has 0 radical (unpaired) electrons. The fourth-order valence-corrected chi connectivity index (χ4v) is 12.9. The number of rotatable bonds is 38. The van der Waals surface area contributed by atoms with E-state index in [0.717, 1.165) is 107 Å². The summed E-state index contributed by atoms with van der Waals surface area (Å²) in [5, 5.41) is 31.6. The van der Waals surface area contributed by atoms with Crippen molar-refractivity contribution in [2.45, 2.75) is 99.3 Å². The number of nitrogens with one attached hydrogen (secondary N) is 7. The number of nitrogens with two attached hydrogens (primary N) is 4. The Morgan fingerprint density at radius 3 is 1.02 bits per heavy atom. The number of benzene rings is 5. The Labute approximate surface area is 662 Å². The molecule has 0 fully saturated rings. The minimum absolute atomic E-state index is 0.242. The molecule has 40 heteroatoms. The summed E-state index contributed by atoms with van der Waals surface area (Å²) in [6.07, 6.45) is 15.6. The second-order valence-electron chi connectivity index (χ2n) is 25.8. The lowest BCUT2D eigenvalue weighted by atomic mass is 10.1. The molecule has 0 aliphatic carbocycles. The zero-order valence-electron chi connectivity index (χ0n) is 65.8. The Bertz CT molecular complexity index is 5260. The maximum atomic E-state index is 11.2. The summed E-state index contributed by atoms with van der Waals surface area (Å²) in [5.74, 6) is 15.5. The molecule has 5 heterocycles. The molecule has 0 aliphatic rings. The van der Waals surface area contributed by atoms with Crippen LogP contribution in [0.5, 0.6) is 40.6 Å². The summed E-state index contributed by atoms with van der Waals surface area (Å²) in [6.45, 7) is 17.4. The molecule has 3 unspecified atom stereocenters. The third-order valence-corrected chi connectivity index (χ3v) is 20.0. The average molecular weight is 1660 g/mol. The van der Waals surface area contributed by atoms with Crippen LogP contribution in [0.1, 0.15) is 91.2 Å². The van der Waals surface area contributed by atoms with E-state index in [1.54, 1.807) is 59.0 Å². The molecule has 3 atom stereocenters. The Morgan fingerprint density at radius 2 is 0.602 bits per heavy atom. The second kappa shape index (κ2) is 44.9. The lowest BCUT2D eigenvalue weighted by Crippen LogP contribution is -2.32. The van der Waals surface area contributed by atoms with Crippen LogP contribution in [0.25, 0.3) is 54.5 Å². The van der Waals surface area contributed by atoms with Gasteiger partial charge < -0.3 is 43.8 Å². The first-order valence-corrected chi connectivity index (χ1v) is 44.5. The summed E-state index contributed by atoms with van der Waals surface area (Å²) < 4.78 is 128. The van der Waals surface area contributed by atoms with Crippen LogP contribution in [0.4, 0.5) is 11.6 Å². The van der Waals surface area contributed by atoms with Crippen molar-refractivity contribution in [1.29, 1.82) is 0 Å². The van der Waals surface area contributed by atoms with Gasteiger partial charge in [-0.15, -0.1) is 0 Å². The number of hydrogen-bond donors (Lipinski definition) is 11. The van der Waals surface area contributed by atoms with E-state index in [4.69, 9.17) is 53.7 Å². The van der Waals surface area contributed by atoms with Gasteiger partial charge >= 0.3 is 0 Å². The van der Waals surface area contributed by atoms with Gasteiger partial charge in [0.2, 0.25) is 27.7 Å². The number of anilines is 2. The number of ether oxygens (including phenoxy) is 7. The molecule has 0 saturated carbocycles. The molecule has 0 saturated heterocycles. The summed E-state index contributed by atoms with van der Waals surface area (Å²) >= 11 is 0. The molecule has 0 amide bonds. The summed E-state index contributed by atoms with van der Waals surface area (Å²) in [5.41, 5.74) is 11.3. The zero-order valence-corrected chi connectivity index (χ0v) is 69.8. The van der Waals surface area contributed by atoms with E-state index >= 15 is 0 Å². The molecule has 618 valence electrons. The monoisotopic (exact) mass is 1660 g/mol. The van der Waals surface area contributed by atoms with Gasteiger partial charge in [-0.1, -0.05) is 0 Å². The molecule has 35 nitrogen and oxygen atoms in total. The fraction of sp³-hybridized carbons (Fsp3) is 0.411. The van der Waals surface area contributed by atoms with Crippen molar-refractivity contribution in [2.24, 2.45) is 20.6 Å². The van der Waals surface area contributed by atoms with E-state index in [2.05, 4.69) is 142 Å². The van der Waals surface area contributed by atoms with E-state index < -0.39 is 49.9 Å². The lowest BCUT2D eigenvalue weighted by Gasteiger charge is -2.12. The van der Waals surface area contributed by atoms with Crippen molar-refractivity contribution in [3.63, 3.8) is 0 Å².